The zero-order chi connectivity index (χ0) is 16.1. The first kappa shape index (κ1) is 16.0. The van der Waals surface area contributed by atoms with E-state index in [4.69, 9.17) is 4.74 Å². The second-order valence-electron chi connectivity index (χ2n) is 6.07. The molecule has 2 fully saturated rings. The Balaban J connectivity index is 1.67. The number of morpholine rings is 1. The Labute approximate surface area is 136 Å². The van der Waals surface area contributed by atoms with E-state index in [1.807, 2.05) is 30.3 Å². The number of piperidine rings is 1. The number of ether oxygens (including phenoxy) is 1. The normalized spacial score (nSPS) is 22.9. The van der Waals surface area contributed by atoms with Crippen molar-refractivity contribution >= 4 is 11.8 Å². The zero-order valence-corrected chi connectivity index (χ0v) is 13.2. The number of amides is 2. The van der Waals surface area contributed by atoms with Crippen LogP contribution in [0, 0.1) is 0 Å². The molecule has 0 aromatic heterocycles. The highest BCUT2D eigenvalue weighted by molar-refractivity contribution is 5.89. The van der Waals surface area contributed by atoms with Crippen molar-refractivity contribution < 1.29 is 14.3 Å². The monoisotopic (exact) mass is 317 g/mol. The first-order valence-electron chi connectivity index (χ1n) is 8.16. The average Bonchev–Trinajstić information content (AvgIpc) is 2.58. The Morgan fingerprint density at radius 3 is 2.74 bits per heavy atom. The lowest BCUT2D eigenvalue weighted by molar-refractivity contribution is -0.156. The molecule has 2 saturated heterocycles. The summed E-state index contributed by atoms with van der Waals surface area (Å²) in [5.41, 5.74) is 1.02. The number of nitrogens with zero attached hydrogens (tertiary/aromatic N) is 1. The number of benzene rings is 1. The summed E-state index contributed by atoms with van der Waals surface area (Å²) >= 11 is 0. The molecule has 0 spiro atoms. The Kier molecular flexibility index (Phi) is 5.25. The summed E-state index contributed by atoms with van der Waals surface area (Å²) in [6.07, 6.45) is 1.85. The molecule has 0 aliphatic carbocycles. The molecule has 2 amide bonds. The van der Waals surface area contributed by atoms with Crippen LogP contribution in [0.2, 0.25) is 0 Å². The minimum atomic E-state index is -0.550. The van der Waals surface area contributed by atoms with Gasteiger partial charge in [-0.2, -0.15) is 0 Å². The summed E-state index contributed by atoms with van der Waals surface area (Å²) < 4.78 is 5.31. The van der Waals surface area contributed by atoms with Crippen molar-refractivity contribution in [3.8, 4) is 0 Å². The largest absolute Gasteiger partial charge is 0.369 e. The van der Waals surface area contributed by atoms with Gasteiger partial charge in [-0.25, -0.2) is 0 Å². The van der Waals surface area contributed by atoms with Gasteiger partial charge in [0, 0.05) is 12.6 Å². The third kappa shape index (κ3) is 4.09. The van der Waals surface area contributed by atoms with Crippen LogP contribution in [0.25, 0.3) is 0 Å². The first-order valence-corrected chi connectivity index (χ1v) is 8.16. The zero-order valence-electron chi connectivity index (χ0n) is 13.2. The van der Waals surface area contributed by atoms with Gasteiger partial charge in [0.2, 0.25) is 11.8 Å². The third-order valence-corrected chi connectivity index (χ3v) is 4.38. The van der Waals surface area contributed by atoms with Crippen molar-refractivity contribution in [2.75, 3.05) is 26.3 Å². The summed E-state index contributed by atoms with van der Waals surface area (Å²) in [5.74, 6) is -0.244. The second-order valence-corrected chi connectivity index (χ2v) is 6.07. The van der Waals surface area contributed by atoms with Crippen molar-refractivity contribution in [1.29, 1.82) is 0 Å². The Morgan fingerprint density at radius 1 is 1.26 bits per heavy atom. The van der Waals surface area contributed by atoms with E-state index < -0.39 is 6.04 Å². The average molecular weight is 317 g/mol. The summed E-state index contributed by atoms with van der Waals surface area (Å²) in [7, 11) is 0. The van der Waals surface area contributed by atoms with Gasteiger partial charge in [0.1, 0.15) is 12.6 Å². The second kappa shape index (κ2) is 7.57. The quantitative estimate of drug-likeness (QED) is 0.837. The number of rotatable bonds is 4. The molecular weight excluding hydrogens is 294 g/mol. The van der Waals surface area contributed by atoms with Gasteiger partial charge in [-0.15, -0.1) is 0 Å². The number of hydrogen-bond donors (Lipinski definition) is 2. The van der Waals surface area contributed by atoms with Crippen LogP contribution in [0.3, 0.4) is 0 Å². The smallest absolute Gasteiger partial charge is 0.249 e. The molecule has 6 nitrogen and oxygen atoms in total. The molecule has 0 saturated carbocycles. The minimum absolute atomic E-state index is 0.0456. The van der Waals surface area contributed by atoms with Crippen molar-refractivity contribution in [2.45, 2.75) is 31.5 Å². The Bertz CT molecular complexity index is 543. The maximum absolute atomic E-state index is 12.6. The lowest BCUT2D eigenvalue weighted by atomic mass is 10.1. The highest BCUT2D eigenvalue weighted by Gasteiger charge is 2.34. The standard InChI is InChI=1S/C17H23N3O3/c21-16-12-23-11-15(17(22)19-14-6-8-18-9-7-14)20(16)10-13-4-2-1-3-5-13/h1-5,14-15,18H,6-12H2,(H,19,22)/t15-/m1/s1. The van der Waals surface area contributed by atoms with Crippen molar-refractivity contribution in [1.82, 2.24) is 15.5 Å². The van der Waals surface area contributed by atoms with Crippen LogP contribution >= 0.6 is 0 Å². The Morgan fingerprint density at radius 2 is 2.00 bits per heavy atom. The van der Waals surface area contributed by atoms with Crippen LogP contribution in [0.15, 0.2) is 30.3 Å². The van der Waals surface area contributed by atoms with Crippen molar-refractivity contribution in [2.24, 2.45) is 0 Å². The molecule has 1 aromatic carbocycles. The summed E-state index contributed by atoms with van der Waals surface area (Å²) in [5, 5.41) is 6.35. The Hall–Kier alpha value is -1.92. The van der Waals surface area contributed by atoms with Gasteiger partial charge in [0.15, 0.2) is 0 Å². The number of carbonyl (C=O) groups excluding carboxylic acids is 2. The van der Waals surface area contributed by atoms with Crippen LogP contribution in [-0.2, 0) is 20.9 Å². The predicted molar refractivity (Wildman–Crippen MR) is 85.6 cm³/mol. The topological polar surface area (TPSA) is 70.7 Å². The lowest BCUT2D eigenvalue weighted by Gasteiger charge is -2.36. The SMILES string of the molecule is O=C(NC1CCNCC1)[C@H]1COCC(=O)N1Cc1ccccc1. The van der Waals surface area contributed by atoms with E-state index in [1.165, 1.54) is 0 Å². The van der Waals surface area contributed by atoms with E-state index in [0.717, 1.165) is 31.5 Å². The molecule has 2 heterocycles. The molecule has 3 rings (SSSR count). The van der Waals surface area contributed by atoms with E-state index in [2.05, 4.69) is 10.6 Å². The molecule has 0 radical (unpaired) electrons. The molecular formula is C17H23N3O3. The van der Waals surface area contributed by atoms with Crippen LogP contribution in [-0.4, -0.2) is 55.1 Å². The molecule has 0 unspecified atom stereocenters. The fourth-order valence-corrected chi connectivity index (χ4v) is 3.06. The van der Waals surface area contributed by atoms with Gasteiger partial charge >= 0.3 is 0 Å². The molecule has 23 heavy (non-hydrogen) atoms. The number of carbonyl (C=O) groups is 2. The van der Waals surface area contributed by atoms with Crippen LogP contribution in [0.5, 0.6) is 0 Å². The van der Waals surface area contributed by atoms with Crippen LogP contribution in [0.1, 0.15) is 18.4 Å². The molecule has 1 atom stereocenters. The maximum atomic E-state index is 12.6. The van der Waals surface area contributed by atoms with Gasteiger partial charge in [0.25, 0.3) is 0 Å². The highest BCUT2D eigenvalue weighted by Crippen LogP contribution is 2.14. The van der Waals surface area contributed by atoms with E-state index in [-0.39, 0.29) is 31.1 Å². The van der Waals surface area contributed by atoms with Gasteiger partial charge < -0.3 is 20.3 Å². The highest BCUT2D eigenvalue weighted by atomic mass is 16.5. The van der Waals surface area contributed by atoms with Gasteiger partial charge in [0.05, 0.1) is 6.61 Å². The minimum Gasteiger partial charge on any atom is -0.369 e. The van der Waals surface area contributed by atoms with Crippen LogP contribution in [0.4, 0.5) is 0 Å². The molecule has 2 N–H and O–H groups in total. The number of hydrogen-bond acceptors (Lipinski definition) is 4. The van der Waals surface area contributed by atoms with Crippen molar-refractivity contribution in [3.63, 3.8) is 0 Å². The van der Waals surface area contributed by atoms with E-state index in [0.29, 0.717) is 6.54 Å². The lowest BCUT2D eigenvalue weighted by Crippen LogP contribution is -2.58. The van der Waals surface area contributed by atoms with Gasteiger partial charge in [-0.05, 0) is 31.5 Å². The molecule has 0 bridgehead atoms. The third-order valence-electron chi connectivity index (χ3n) is 4.38. The maximum Gasteiger partial charge on any atom is 0.249 e. The summed E-state index contributed by atoms with van der Waals surface area (Å²) in [4.78, 5) is 26.5. The van der Waals surface area contributed by atoms with E-state index in [1.54, 1.807) is 4.90 Å². The fraction of sp³-hybridized carbons (Fsp3) is 0.529. The summed E-state index contributed by atoms with van der Waals surface area (Å²) in [6.45, 7) is 2.57. The van der Waals surface area contributed by atoms with E-state index >= 15 is 0 Å². The van der Waals surface area contributed by atoms with Gasteiger partial charge in [-0.1, -0.05) is 30.3 Å². The predicted octanol–water partition coefficient (Wildman–Crippen LogP) is 0.282. The molecule has 6 heteroatoms. The van der Waals surface area contributed by atoms with Crippen LogP contribution < -0.4 is 10.6 Å². The van der Waals surface area contributed by atoms with E-state index in [9.17, 15) is 9.59 Å². The van der Waals surface area contributed by atoms with Crippen molar-refractivity contribution in [3.05, 3.63) is 35.9 Å². The van der Waals surface area contributed by atoms with Gasteiger partial charge in [-0.3, -0.25) is 9.59 Å². The molecule has 1 aromatic rings. The first-order chi connectivity index (χ1) is 11.2. The fourth-order valence-electron chi connectivity index (χ4n) is 3.06. The number of nitrogens with one attached hydrogen (secondary N) is 2. The summed E-state index contributed by atoms with van der Waals surface area (Å²) in [6, 6.07) is 9.36. The molecule has 2 aliphatic rings. The molecule has 2 aliphatic heterocycles. The molecule has 124 valence electrons.